The molecule has 9 atom stereocenters. The number of halogens is 1. The summed E-state index contributed by atoms with van der Waals surface area (Å²) in [6.07, 6.45) is 5.83. The monoisotopic (exact) mass is 762 g/mol. The molecule has 0 saturated carbocycles. The Hall–Kier alpha value is -2.37. The van der Waals surface area contributed by atoms with Crippen molar-refractivity contribution in [1.29, 1.82) is 0 Å². The van der Waals surface area contributed by atoms with Gasteiger partial charge in [0.2, 0.25) is 0 Å². The molecular weight excluding hydrogens is 704 g/mol. The van der Waals surface area contributed by atoms with Gasteiger partial charge in [0.05, 0.1) is 68.4 Å². The molecule has 3 heterocycles. The van der Waals surface area contributed by atoms with Crippen molar-refractivity contribution in [1.82, 2.24) is 0 Å². The van der Waals surface area contributed by atoms with Gasteiger partial charge < -0.3 is 32.8 Å². The van der Waals surface area contributed by atoms with Gasteiger partial charge in [-0.05, 0) is 54.1 Å². The Morgan fingerprint density at radius 3 is 1.94 bits per heavy atom. The molecule has 0 N–H and O–H groups in total. The summed E-state index contributed by atoms with van der Waals surface area (Å²) in [4.78, 5) is 0. The predicted molar refractivity (Wildman–Crippen MR) is 213 cm³/mol. The number of ether oxygens (including phenoxy) is 6. The lowest BCUT2D eigenvalue weighted by molar-refractivity contribution is -0.233. The molecule has 53 heavy (non-hydrogen) atoms. The second kappa shape index (κ2) is 19.0. The molecule has 0 spiro atoms. The van der Waals surface area contributed by atoms with Crippen LogP contribution in [0.2, 0.25) is 18.1 Å². The first kappa shape index (κ1) is 40.3. The van der Waals surface area contributed by atoms with Crippen LogP contribution in [0.1, 0.15) is 63.1 Å². The van der Waals surface area contributed by atoms with Crippen LogP contribution in [0, 0.1) is 0 Å². The molecule has 0 unspecified atom stereocenters. The first-order chi connectivity index (χ1) is 25.6. The summed E-state index contributed by atoms with van der Waals surface area (Å²) in [6.45, 7) is 14.1. The van der Waals surface area contributed by atoms with Crippen molar-refractivity contribution in [3.05, 3.63) is 120 Å². The van der Waals surface area contributed by atoms with Crippen LogP contribution in [0.3, 0.4) is 0 Å². The first-order valence-electron chi connectivity index (χ1n) is 19.4. The molecule has 0 aromatic heterocycles. The van der Waals surface area contributed by atoms with E-state index in [4.69, 9.17) is 44.4 Å². The quantitative estimate of drug-likeness (QED) is 0.0869. The van der Waals surface area contributed by atoms with Gasteiger partial charge in [-0.3, -0.25) is 0 Å². The predicted octanol–water partition coefficient (Wildman–Crippen LogP) is 9.42. The normalized spacial score (nSPS) is 29.6. The van der Waals surface area contributed by atoms with Gasteiger partial charge in [0, 0.05) is 13.0 Å². The maximum Gasteiger partial charge on any atom is 0.192 e. The Labute approximate surface area is 323 Å². The van der Waals surface area contributed by atoms with E-state index in [2.05, 4.69) is 94.5 Å². The molecule has 0 bridgehead atoms. The number of alkyl halides is 1. The summed E-state index contributed by atoms with van der Waals surface area (Å²) in [5.41, 5.74) is 3.41. The minimum Gasteiger partial charge on any atom is -0.409 e. The molecular formula is C44H59ClO7Si. The summed E-state index contributed by atoms with van der Waals surface area (Å²) in [7, 11) is -2.11. The van der Waals surface area contributed by atoms with Crippen LogP contribution in [-0.4, -0.2) is 75.7 Å². The fourth-order valence-corrected chi connectivity index (χ4v) is 8.83. The van der Waals surface area contributed by atoms with Crippen LogP contribution in [0.5, 0.6) is 0 Å². The van der Waals surface area contributed by atoms with E-state index < -0.39 is 8.32 Å². The highest BCUT2D eigenvalue weighted by molar-refractivity contribution is 6.74. The van der Waals surface area contributed by atoms with E-state index in [0.717, 1.165) is 23.1 Å². The van der Waals surface area contributed by atoms with Gasteiger partial charge in [-0.1, -0.05) is 124 Å². The standard InChI is InChI=1S/C44H59ClO7Si/c1-44(2,3)53(4,5)52-43-37(47-25-24-38(43)48-29-33-18-11-7-12-19-33)23-15-22-35-26-36(45)42-40(50-35)27-39(49-30-34-20-13-8-14-21-34)41(51-42)31-46-28-32-16-9-6-10-17-32/h6-22,35-43H,23-31H2,1-5H3/b22-15+/t35-,36-,37+,38-,39+,40+,41+,42-,43+/m0/s1. The van der Waals surface area contributed by atoms with Crippen molar-refractivity contribution in [2.24, 2.45) is 0 Å². The number of fused-ring (bicyclic) bond motifs is 1. The molecule has 0 radical (unpaired) electrons. The van der Waals surface area contributed by atoms with E-state index >= 15 is 0 Å². The molecule has 0 aliphatic carbocycles. The second-order valence-electron chi connectivity index (χ2n) is 16.2. The average molecular weight is 763 g/mol. The van der Waals surface area contributed by atoms with Crippen LogP contribution >= 0.6 is 11.6 Å². The van der Waals surface area contributed by atoms with Gasteiger partial charge in [-0.2, -0.15) is 0 Å². The Bertz CT molecular complexity index is 1540. The third-order valence-corrected chi connectivity index (χ3v) is 16.1. The zero-order chi connectivity index (χ0) is 37.3. The van der Waals surface area contributed by atoms with Crippen LogP contribution in [0.15, 0.2) is 103 Å². The third-order valence-electron chi connectivity index (χ3n) is 11.2. The largest absolute Gasteiger partial charge is 0.409 e. The molecule has 3 saturated heterocycles. The lowest BCUT2D eigenvalue weighted by Crippen LogP contribution is -2.57. The van der Waals surface area contributed by atoms with Gasteiger partial charge in [-0.25, -0.2) is 0 Å². The van der Waals surface area contributed by atoms with E-state index in [1.54, 1.807) is 0 Å². The molecule has 3 aliphatic heterocycles. The maximum atomic E-state index is 7.09. The van der Waals surface area contributed by atoms with Gasteiger partial charge in [0.15, 0.2) is 8.32 Å². The number of hydrogen-bond acceptors (Lipinski definition) is 7. The van der Waals surface area contributed by atoms with Crippen molar-refractivity contribution < 1.29 is 32.8 Å². The van der Waals surface area contributed by atoms with E-state index in [0.29, 0.717) is 52.3 Å². The smallest absolute Gasteiger partial charge is 0.192 e. The van der Waals surface area contributed by atoms with E-state index in [1.165, 1.54) is 0 Å². The molecule has 7 nitrogen and oxygen atoms in total. The van der Waals surface area contributed by atoms with E-state index in [-0.39, 0.29) is 59.2 Å². The third kappa shape index (κ3) is 11.3. The molecule has 3 aromatic carbocycles. The minimum atomic E-state index is -2.11. The highest BCUT2D eigenvalue weighted by Crippen LogP contribution is 2.40. The SMILES string of the molecule is CC(C)(C)[Si](C)(C)O[C@H]1[C@@H](OCc2ccccc2)CCO[C@@H]1C/C=C/[C@H]1C[C@H](Cl)[C@@H]2O[C@H](COCc3ccccc3)[C@H](OCc3ccccc3)C[C@H]2O1. The van der Waals surface area contributed by atoms with E-state index in [9.17, 15) is 0 Å². The van der Waals surface area contributed by atoms with Crippen molar-refractivity contribution >= 4 is 19.9 Å². The fraction of sp³-hybridized carbons (Fsp3) is 0.545. The Morgan fingerprint density at radius 2 is 1.34 bits per heavy atom. The van der Waals surface area contributed by atoms with Crippen molar-refractivity contribution in [3.8, 4) is 0 Å². The van der Waals surface area contributed by atoms with Crippen molar-refractivity contribution in [3.63, 3.8) is 0 Å². The molecule has 9 heteroatoms. The Morgan fingerprint density at radius 1 is 0.755 bits per heavy atom. The molecule has 3 aromatic rings. The zero-order valence-electron chi connectivity index (χ0n) is 32.1. The summed E-state index contributed by atoms with van der Waals surface area (Å²) < 4.78 is 46.1. The summed E-state index contributed by atoms with van der Waals surface area (Å²) in [5, 5.41) is -0.138. The highest BCUT2D eigenvalue weighted by atomic mass is 35.5. The number of rotatable bonds is 15. The maximum absolute atomic E-state index is 7.09. The minimum absolute atomic E-state index is 0.0489. The van der Waals surface area contributed by atoms with Crippen molar-refractivity contribution in [2.75, 3.05) is 13.2 Å². The van der Waals surface area contributed by atoms with Crippen LogP contribution < -0.4 is 0 Å². The van der Waals surface area contributed by atoms with Crippen LogP contribution in [0.4, 0.5) is 0 Å². The Kier molecular flexibility index (Phi) is 14.4. The second-order valence-corrected chi connectivity index (χ2v) is 21.5. The zero-order valence-corrected chi connectivity index (χ0v) is 33.9. The molecule has 3 aliphatic rings. The summed E-state index contributed by atoms with van der Waals surface area (Å²) in [6, 6.07) is 30.8. The van der Waals surface area contributed by atoms with Gasteiger partial charge in [0.1, 0.15) is 12.2 Å². The first-order valence-corrected chi connectivity index (χ1v) is 22.7. The fourth-order valence-electron chi connectivity index (χ4n) is 7.09. The molecule has 0 amide bonds. The lowest BCUT2D eigenvalue weighted by atomic mass is 9.91. The van der Waals surface area contributed by atoms with Gasteiger partial charge in [-0.15, -0.1) is 11.6 Å². The van der Waals surface area contributed by atoms with Crippen LogP contribution in [0.25, 0.3) is 0 Å². The van der Waals surface area contributed by atoms with Gasteiger partial charge >= 0.3 is 0 Å². The lowest BCUT2D eigenvalue weighted by Gasteiger charge is -2.47. The highest BCUT2D eigenvalue weighted by Gasteiger charge is 2.47. The van der Waals surface area contributed by atoms with E-state index in [1.807, 2.05) is 42.5 Å². The van der Waals surface area contributed by atoms with Crippen molar-refractivity contribution in [2.45, 2.75) is 139 Å². The molecule has 6 rings (SSSR count). The summed E-state index contributed by atoms with van der Waals surface area (Å²) in [5.74, 6) is 0. The Balaban J connectivity index is 1.09. The number of hydrogen-bond donors (Lipinski definition) is 0. The van der Waals surface area contributed by atoms with Gasteiger partial charge in [0.25, 0.3) is 0 Å². The molecule has 3 fully saturated rings. The summed E-state index contributed by atoms with van der Waals surface area (Å²) >= 11 is 7.09. The topological polar surface area (TPSA) is 64.6 Å². The molecule has 288 valence electrons. The van der Waals surface area contributed by atoms with Crippen LogP contribution in [-0.2, 0) is 52.7 Å². The average Bonchev–Trinajstić information content (AvgIpc) is 3.15. The number of benzene rings is 3.